The Hall–Kier alpha value is -4.22. The predicted octanol–water partition coefficient (Wildman–Crippen LogP) is 5.47. The van der Waals surface area contributed by atoms with Gasteiger partial charge in [0.15, 0.2) is 5.78 Å². The molecule has 2 N–H and O–H groups in total. The van der Waals surface area contributed by atoms with E-state index in [1.165, 1.54) is 0 Å². The maximum atomic E-state index is 14.4. The number of hydrogen-bond donors (Lipinski definition) is 2. The maximum Gasteiger partial charge on any atom is 0.250 e. The Morgan fingerprint density at radius 1 is 0.778 bits per heavy atom. The van der Waals surface area contributed by atoms with Gasteiger partial charge in [-0.15, -0.1) is 0 Å². The first-order valence-electron chi connectivity index (χ1n) is 12.1. The van der Waals surface area contributed by atoms with E-state index < -0.39 is 11.5 Å². The summed E-state index contributed by atoms with van der Waals surface area (Å²) in [4.78, 5) is 28.3. The Kier molecular flexibility index (Phi) is 5.42. The molecule has 5 nitrogen and oxygen atoms in total. The van der Waals surface area contributed by atoms with Crippen molar-refractivity contribution in [2.24, 2.45) is 5.92 Å². The number of ether oxygens (including phenoxy) is 1. The van der Waals surface area contributed by atoms with Crippen molar-refractivity contribution in [3.63, 3.8) is 0 Å². The van der Waals surface area contributed by atoms with Gasteiger partial charge in [0.1, 0.15) is 11.3 Å². The summed E-state index contributed by atoms with van der Waals surface area (Å²) < 4.78 is 5.40. The Balaban J connectivity index is 1.61. The van der Waals surface area contributed by atoms with Gasteiger partial charge >= 0.3 is 0 Å². The summed E-state index contributed by atoms with van der Waals surface area (Å²) in [6.45, 7) is 0. The Morgan fingerprint density at radius 2 is 1.42 bits per heavy atom. The summed E-state index contributed by atoms with van der Waals surface area (Å²) in [6, 6.07) is 34.6. The molecular weight excluding hydrogens is 448 g/mol. The van der Waals surface area contributed by atoms with E-state index in [0.29, 0.717) is 5.56 Å². The number of anilines is 1. The van der Waals surface area contributed by atoms with E-state index in [1.54, 1.807) is 7.11 Å². The van der Waals surface area contributed by atoms with Crippen LogP contribution in [0.25, 0.3) is 0 Å². The molecule has 6 rings (SSSR count). The minimum Gasteiger partial charge on any atom is -0.497 e. The van der Waals surface area contributed by atoms with Crippen molar-refractivity contribution in [2.45, 2.75) is 17.5 Å². The van der Waals surface area contributed by atoms with Crippen LogP contribution in [0.2, 0.25) is 0 Å². The molecule has 1 amide bonds. The largest absolute Gasteiger partial charge is 0.497 e. The maximum absolute atomic E-state index is 14.4. The fourth-order valence-electron chi connectivity index (χ4n) is 5.92. The number of rotatable bonds is 5. The highest BCUT2D eigenvalue weighted by Gasteiger charge is 2.64. The van der Waals surface area contributed by atoms with E-state index in [2.05, 4.69) is 22.8 Å². The number of nitrogens with one attached hydrogen (secondary N) is 2. The topological polar surface area (TPSA) is 67.4 Å². The first kappa shape index (κ1) is 22.3. The third kappa shape index (κ3) is 3.35. The monoisotopic (exact) mass is 474 g/mol. The Morgan fingerprint density at radius 3 is 2.11 bits per heavy atom. The van der Waals surface area contributed by atoms with E-state index in [9.17, 15) is 9.59 Å². The number of para-hydroxylation sites is 1. The number of methoxy groups -OCH3 is 1. The van der Waals surface area contributed by atoms with Gasteiger partial charge in [-0.3, -0.25) is 14.9 Å². The van der Waals surface area contributed by atoms with Gasteiger partial charge in [0, 0.05) is 28.8 Å². The van der Waals surface area contributed by atoms with Gasteiger partial charge in [0.2, 0.25) is 5.91 Å². The first-order chi connectivity index (χ1) is 17.6. The zero-order valence-electron chi connectivity index (χ0n) is 19.8. The molecule has 5 heteroatoms. The molecule has 0 bridgehead atoms. The van der Waals surface area contributed by atoms with Crippen LogP contribution >= 0.6 is 0 Å². The van der Waals surface area contributed by atoms with Gasteiger partial charge in [-0.05, 0) is 29.3 Å². The lowest BCUT2D eigenvalue weighted by atomic mass is 9.69. The SMILES string of the molecule is COc1ccc([C@@H]2[C@@H](C(=O)c3ccccc3)[C@@]3(N[C@H]2c2ccccc2)C(=O)Nc2ccccc23)cc1. The van der Waals surface area contributed by atoms with Gasteiger partial charge in [-0.2, -0.15) is 0 Å². The van der Waals surface area contributed by atoms with Crippen LogP contribution in [0.5, 0.6) is 5.75 Å². The van der Waals surface area contributed by atoms with Gasteiger partial charge in [-0.1, -0.05) is 91.0 Å². The molecule has 0 aromatic heterocycles. The van der Waals surface area contributed by atoms with Crippen LogP contribution < -0.4 is 15.4 Å². The van der Waals surface area contributed by atoms with E-state index in [-0.39, 0.29) is 23.7 Å². The average Bonchev–Trinajstić information content (AvgIpc) is 3.44. The number of hydrogen-bond acceptors (Lipinski definition) is 4. The van der Waals surface area contributed by atoms with E-state index in [4.69, 9.17) is 4.74 Å². The summed E-state index contributed by atoms with van der Waals surface area (Å²) >= 11 is 0. The van der Waals surface area contributed by atoms with E-state index >= 15 is 0 Å². The second-order valence-electron chi connectivity index (χ2n) is 9.35. The molecule has 178 valence electrons. The van der Waals surface area contributed by atoms with Crippen molar-refractivity contribution in [3.05, 3.63) is 131 Å². The second-order valence-corrected chi connectivity index (χ2v) is 9.35. The highest BCUT2D eigenvalue weighted by molar-refractivity contribution is 6.12. The zero-order chi connectivity index (χ0) is 24.7. The highest BCUT2D eigenvalue weighted by Crippen LogP contribution is 2.57. The third-order valence-corrected chi connectivity index (χ3v) is 7.53. The molecule has 36 heavy (non-hydrogen) atoms. The smallest absolute Gasteiger partial charge is 0.250 e. The lowest BCUT2D eigenvalue weighted by Gasteiger charge is -2.31. The predicted molar refractivity (Wildman–Crippen MR) is 139 cm³/mol. The van der Waals surface area contributed by atoms with Crippen molar-refractivity contribution >= 4 is 17.4 Å². The van der Waals surface area contributed by atoms with Crippen LogP contribution in [0, 0.1) is 5.92 Å². The number of carbonyl (C=O) groups is 2. The standard InChI is InChI=1S/C31H26N2O3/c1-36-23-18-16-20(17-19-23)26-27(29(34)22-12-6-3-7-13-22)31(33-28(26)21-10-4-2-5-11-21)24-14-8-9-15-25(24)32-30(31)35/h2-19,26-28,33H,1H3,(H,32,35)/t26-,27+,28+,31-/m1/s1. The van der Waals surface area contributed by atoms with Crippen molar-refractivity contribution in [1.29, 1.82) is 0 Å². The number of ketones is 1. The van der Waals surface area contributed by atoms with Crippen molar-refractivity contribution in [3.8, 4) is 5.75 Å². The molecule has 0 aliphatic carbocycles. The summed E-state index contributed by atoms with van der Waals surface area (Å²) in [5.74, 6) is -0.500. The zero-order valence-corrected chi connectivity index (χ0v) is 19.8. The van der Waals surface area contributed by atoms with Crippen molar-refractivity contribution in [1.82, 2.24) is 5.32 Å². The first-order valence-corrected chi connectivity index (χ1v) is 12.1. The van der Waals surface area contributed by atoms with Crippen LogP contribution in [-0.2, 0) is 10.3 Å². The molecule has 0 unspecified atom stereocenters. The third-order valence-electron chi connectivity index (χ3n) is 7.53. The highest BCUT2D eigenvalue weighted by atomic mass is 16.5. The molecule has 2 heterocycles. The number of benzene rings is 4. The van der Waals surface area contributed by atoms with Gasteiger partial charge in [0.05, 0.1) is 13.0 Å². The second kappa shape index (κ2) is 8.77. The quantitative estimate of drug-likeness (QED) is 0.377. The Labute approximate surface area is 210 Å². The molecule has 1 spiro atoms. The molecule has 4 aromatic carbocycles. The van der Waals surface area contributed by atoms with Crippen LogP contribution in [-0.4, -0.2) is 18.8 Å². The minimum absolute atomic E-state index is 0.0609. The molecule has 2 aliphatic rings. The number of Topliss-reactive ketones (excluding diaryl/α,β-unsaturated/α-hetero) is 1. The fraction of sp³-hybridized carbons (Fsp3) is 0.161. The van der Waals surface area contributed by atoms with Crippen molar-refractivity contribution in [2.75, 3.05) is 12.4 Å². The van der Waals surface area contributed by atoms with Gasteiger partial charge < -0.3 is 10.1 Å². The number of carbonyl (C=O) groups excluding carboxylic acids is 2. The molecule has 2 aliphatic heterocycles. The Bertz CT molecular complexity index is 1420. The van der Waals surface area contributed by atoms with E-state index in [0.717, 1.165) is 28.1 Å². The number of fused-ring (bicyclic) bond motifs is 2. The van der Waals surface area contributed by atoms with Crippen LogP contribution in [0.1, 0.15) is 39.0 Å². The summed E-state index contributed by atoms with van der Waals surface area (Å²) in [7, 11) is 1.63. The lowest BCUT2D eigenvalue weighted by Crippen LogP contribution is -2.50. The molecule has 1 fully saturated rings. The summed E-state index contributed by atoms with van der Waals surface area (Å²) in [5.41, 5.74) is 2.92. The molecular formula is C31H26N2O3. The molecule has 4 aromatic rings. The molecule has 0 radical (unpaired) electrons. The molecule has 0 saturated carbocycles. The molecule has 4 atom stereocenters. The van der Waals surface area contributed by atoms with E-state index in [1.807, 2.05) is 97.1 Å². The minimum atomic E-state index is -1.21. The van der Waals surface area contributed by atoms with Gasteiger partial charge in [-0.25, -0.2) is 0 Å². The van der Waals surface area contributed by atoms with Gasteiger partial charge in [0.25, 0.3) is 0 Å². The fourth-order valence-corrected chi connectivity index (χ4v) is 5.92. The van der Waals surface area contributed by atoms with Crippen molar-refractivity contribution < 1.29 is 14.3 Å². The normalized spacial score (nSPS) is 24.4. The number of amides is 1. The summed E-state index contributed by atoms with van der Waals surface area (Å²) in [5, 5.41) is 6.76. The van der Waals surface area contributed by atoms with Crippen LogP contribution in [0.4, 0.5) is 5.69 Å². The average molecular weight is 475 g/mol. The molecule has 1 saturated heterocycles. The van der Waals surface area contributed by atoms with Crippen LogP contribution in [0.15, 0.2) is 109 Å². The lowest BCUT2D eigenvalue weighted by molar-refractivity contribution is -0.122. The summed E-state index contributed by atoms with van der Waals surface area (Å²) in [6.07, 6.45) is 0. The van der Waals surface area contributed by atoms with Crippen LogP contribution in [0.3, 0.4) is 0 Å².